The van der Waals surface area contributed by atoms with Gasteiger partial charge in [-0.2, -0.15) is 4.98 Å². The molecule has 33 heavy (non-hydrogen) atoms. The molecule has 2 aliphatic rings. The normalized spacial score (nSPS) is 22.0. The smallest absolute Gasteiger partial charge is 0.322 e. The molecule has 3 heterocycles. The van der Waals surface area contributed by atoms with Crippen molar-refractivity contribution in [3.8, 4) is 17.6 Å². The summed E-state index contributed by atoms with van der Waals surface area (Å²) in [6.07, 6.45) is 4.19. The lowest BCUT2D eigenvalue weighted by molar-refractivity contribution is 0.373. The minimum Gasteiger partial charge on any atom is -0.481 e. The Morgan fingerprint density at radius 2 is 1.91 bits per heavy atom. The number of benzene rings is 1. The zero-order chi connectivity index (χ0) is 22.9. The second kappa shape index (κ2) is 9.09. The monoisotopic (exact) mass is 468 g/mol. The Balaban J connectivity index is 1.31. The molecule has 2 bridgehead atoms. The lowest BCUT2D eigenvalue weighted by atomic mass is 9.92. The highest BCUT2D eigenvalue weighted by atomic mass is 35.5. The van der Waals surface area contributed by atoms with E-state index in [2.05, 4.69) is 40.1 Å². The van der Waals surface area contributed by atoms with Crippen molar-refractivity contribution in [3.05, 3.63) is 47.6 Å². The molecule has 1 N–H and O–H groups in total. The Bertz CT molecular complexity index is 1110. The van der Waals surface area contributed by atoms with Crippen molar-refractivity contribution in [2.75, 3.05) is 30.4 Å². The van der Waals surface area contributed by atoms with Gasteiger partial charge in [-0.3, -0.25) is 0 Å². The van der Waals surface area contributed by atoms with Crippen LogP contribution in [0.25, 0.3) is 0 Å². The van der Waals surface area contributed by atoms with E-state index in [1.807, 2.05) is 35.1 Å². The first-order chi connectivity index (χ1) is 16.0. The Hall–Kier alpha value is -3.00. The number of nitrogens with zero attached hydrogens (tertiary/aromatic N) is 5. The maximum atomic E-state index is 6.11. The van der Waals surface area contributed by atoms with Crippen LogP contribution in [-0.4, -0.2) is 46.0 Å². The second-order valence-electron chi connectivity index (χ2n) is 9.04. The van der Waals surface area contributed by atoms with Crippen LogP contribution in [0.3, 0.4) is 0 Å². The molecule has 174 valence electrons. The molecule has 0 amide bonds. The molecule has 8 nitrogen and oxygen atoms in total. The van der Waals surface area contributed by atoms with Crippen LogP contribution in [0, 0.1) is 11.8 Å². The van der Waals surface area contributed by atoms with Crippen molar-refractivity contribution < 1.29 is 9.47 Å². The third-order valence-corrected chi connectivity index (χ3v) is 6.75. The Labute approximate surface area is 198 Å². The van der Waals surface area contributed by atoms with Crippen molar-refractivity contribution in [1.82, 2.24) is 19.7 Å². The average molecular weight is 469 g/mol. The first-order valence-electron chi connectivity index (χ1n) is 11.4. The molecular weight excluding hydrogens is 440 g/mol. The molecule has 5 rings (SSSR count). The van der Waals surface area contributed by atoms with Crippen LogP contribution < -0.4 is 19.7 Å². The molecule has 1 saturated carbocycles. The molecule has 3 aromatic rings. The summed E-state index contributed by atoms with van der Waals surface area (Å²) in [7, 11) is 1.65. The molecule has 0 unspecified atom stereocenters. The lowest BCUT2D eigenvalue weighted by Gasteiger charge is -2.39. The fourth-order valence-electron chi connectivity index (χ4n) is 4.94. The number of rotatable bonds is 7. The summed E-state index contributed by atoms with van der Waals surface area (Å²) < 4.78 is 13.1. The van der Waals surface area contributed by atoms with Gasteiger partial charge in [0, 0.05) is 42.1 Å². The van der Waals surface area contributed by atoms with Gasteiger partial charge in [-0.25, -0.2) is 9.67 Å². The van der Waals surface area contributed by atoms with E-state index in [1.54, 1.807) is 13.2 Å². The number of methoxy groups -OCH3 is 1. The summed E-state index contributed by atoms with van der Waals surface area (Å²) in [6, 6.07) is 12.3. The Morgan fingerprint density at radius 3 is 2.61 bits per heavy atom. The number of aromatic nitrogens is 4. The molecule has 0 spiro atoms. The van der Waals surface area contributed by atoms with Crippen LogP contribution in [0.1, 0.15) is 32.7 Å². The average Bonchev–Trinajstić information content (AvgIpc) is 3.29. The van der Waals surface area contributed by atoms with E-state index < -0.39 is 0 Å². The van der Waals surface area contributed by atoms with Gasteiger partial charge in [0.05, 0.1) is 13.2 Å². The van der Waals surface area contributed by atoms with Crippen LogP contribution in [-0.2, 0) is 0 Å². The van der Waals surface area contributed by atoms with Gasteiger partial charge in [0.2, 0.25) is 11.8 Å². The van der Waals surface area contributed by atoms with Gasteiger partial charge in [-0.15, -0.1) is 5.10 Å². The predicted molar refractivity (Wildman–Crippen MR) is 129 cm³/mol. The van der Waals surface area contributed by atoms with E-state index >= 15 is 0 Å². The number of pyridine rings is 1. The van der Waals surface area contributed by atoms with E-state index in [4.69, 9.17) is 26.2 Å². The molecule has 1 aromatic carbocycles. The second-order valence-corrected chi connectivity index (χ2v) is 9.48. The number of hydrogen-bond acceptors (Lipinski definition) is 7. The van der Waals surface area contributed by atoms with Gasteiger partial charge in [-0.05, 0) is 62.8 Å². The van der Waals surface area contributed by atoms with E-state index in [1.165, 1.54) is 12.8 Å². The number of ether oxygens (including phenoxy) is 2. The first-order valence-corrected chi connectivity index (χ1v) is 11.8. The molecule has 2 aromatic heterocycles. The van der Waals surface area contributed by atoms with Gasteiger partial charge < -0.3 is 19.7 Å². The van der Waals surface area contributed by atoms with E-state index in [0.717, 1.165) is 18.8 Å². The van der Waals surface area contributed by atoms with Crippen LogP contribution in [0.2, 0.25) is 5.02 Å². The zero-order valence-corrected chi connectivity index (χ0v) is 19.9. The maximum Gasteiger partial charge on any atom is 0.322 e. The maximum absolute atomic E-state index is 6.11. The summed E-state index contributed by atoms with van der Waals surface area (Å²) >= 11 is 6.11. The minimum absolute atomic E-state index is 0.113. The lowest BCUT2D eigenvalue weighted by Crippen LogP contribution is -2.48. The fraction of sp³-hybridized carbons (Fsp3) is 0.458. The van der Waals surface area contributed by atoms with E-state index in [-0.39, 0.29) is 6.04 Å². The van der Waals surface area contributed by atoms with Crippen molar-refractivity contribution in [3.63, 3.8) is 0 Å². The highest BCUT2D eigenvalue weighted by Gasteiger charge is 2.42. The third kappa shape index (κ3) is 4.57. The Morgan fingerprint density at radius 1 is 1.12 bits per heavy atom. The fourth-order valence-corrected chi connectivity index (χ4v) is 5.12. The van der Waals surface area contributed by atoms with Gasteiger partial charge in [0.25, 0.3) is 0 Å². The molecule has 2 fully saturated rings. The number of anilines is 2. The standard InChI is InChI=1S/C24H29ClN6O2/c1-15(2)31-24(33-20-6-4-5-18(25)11-20)28-23(29-31)27-22-16-7-8-17(22)14-30(13-16)19-9-10-26-21(12-19)32-3/h4-6,9-12,15-17,22H,7-8,13-14H2,1-3H3,(H,27,29)/t16-,17+,22+. The molecule has 9 heteroatoms. The predicted octanol–water partition coefficient (Wildman–Crippen LogP) is 5.04. The van der Waals surface area contributed by atoms with Gasteiger partial charge in [0.1, 0.15) is 5.75 Å². The van der Waals surface area contributed by atoms with E-state index in [9.17, 15) is 0 Å². The van der Waals surface area contributed by atoms with Crippen LogP contribution in [0.5, 0.6) is 17.6 Å². The topological polar surface area (TPSA) is 77.3 Å². The van der Waals surface area contributed by atoms with Crippen LogP contribution in [0.15, 0.2) is 42.6 Å². The zero-order valence-electron chi connectivity index (χ0n) is 19.1. The van der Waals surface area contributed by atoms with Crippen molar-refractivity contribution in [1.29, 1.82) is 0 Å². The summed E-state index contributed by atoms with van der Waals surface area (Å²) in [5.41, 5.74) is 1.16. The van der Waals surface area contributed by atoms with Crippen LogP contribution in [0.4, 0.5) is 11.6 Å². The SMILES string of the molecule is COc1cc(N2C[C@H]3CC[C@@H](C2)[C@H]3Nc2nc(Oc3cccc(Cl)c3)n(C(C)C)n2)ccn1. The van der Waals surface area contributed by atoms with Gasteiger partial charge in [-0.1, -0.05) is 17.7 Å². The molecule has 0 radical (unpaired) electrons. The summed E-state index contributed by atoms with van der Waals surface area (Å²) in [4.78, 5) is 11.4. The number of halogens is 1. The van der Waals surface area contributed by atoms with Crippen molar-refractivity contribution in [2.45, 2.75) is 38.8 Å². The van der Waals surface area contributed by atoms with Gasteiger partial charge >= 0.3 is 6.01 Å². The highest BCUT2D eigenvalue weighted by molar-refractivity contribution is 6.30. The summed E-state index contributed by atoms with van der Waals surface area (Å²) in [6.45, 7) is 6.10. The largest absolute Gasteiger partial charge is 0.481 e. The number of nitrogens with one attached hydrogen (secondary N) is 1. The number of fused-ring (bicyclic) bond motifs is 2. The molecular formula is C24H29ClN6O2. The molecule has 3 atom stereocenters. The minimum atomic E-state index is 0.113. The summed E-state index contributed by atoms with van der Waals surface area (Å²) in [5, 5.41) is 8.98. The molecule has 1 saturated heterocycles. The first kappa shape index (κ1) is 21.8. The molecule has 1 aliphatic carbocycles. The third-order valence-electron chi connectivity index (χ3n) is 6.52. The summed E-state index contributed by atoms with van der Waals surface area (Å²) in [5.74, 6) is 2.94. The van der Waals surface area contributed by atoms with Crippen LogP contribution >= 0.6 is 11.6 Å². The number of piperidine rings is 1. The van der Waals surface area contributed by atoms with Gasteiger partial charge in [0.15, 0.2) is 0 Å². The highest BCUT2D eigenvalue weighted by Crippen LogP contribution is 2.40. The quantitative estimate of drug-likeness (QED) is 0.520. The van der Waals surface area contributed by atoms with E-state index in [0.29, 0.717) is 46.5 Å². The van der Waals surface area contributed by atoms with Crippen molar-refractivity contribution in [2.24, 2.45) is 11.8 Å². The van der Waals surface area contributed by atoms with Crippen molar-refractivity contribution >= 4 is 23.2 Å². The molecule has 1 aliphatic heterocycles. The number of hydrogen-bond donors (Lipinski definition) is 1. The Kier molecular flexibility index (Phi) is 6.01.